The SMILES string of the molecule is CC(=O)/C(=C\N1CCc2cc(C(=O)OCCCOC(=O)c3ccc4c(c3)CCN4)ccc21)c1ccccc1.CC1CCc2ccccc2N1.CCN(/C=C(\C(=O)C(F)(F)F)c1ccccc1)CCOC(=O)c1ccc2c(c1)CCN2.O=C(/C(=C/N1CCCNCC1)c1ccccc1)C(F)(F)F.O=C(/C(=C/N1CCCNc2ccccc21)c1ccccc1)C(F)(F)F. The van der Waals surface area contributed by atoms with Gasteiger partial charge in [-0.1, -0.05) is 152 Å². The summed E-state index contributed by atoms with van der Waals surface area (Å²) in [5, 5.41) is 16.4. The van der Waals surface area contributed by atoms with Crippen molar-refractivity contribution in [3.05, 3.63) is 310 Å². The smallest absolute Gasteiger partial charge is 0.454 e. The van der Waals surface area contributed by atoms with E-state index in [2.05, 4.69) is 62.7 Å². The molecule has 9 aromatic rings. The van der Waals surface area contributed by atoms with Gasteiger partial charge in [-0.3, -0.25) is 19.2 Å². The first-order valence-corrected chi connectivity index (χ1v) is 41.8. The fourth-order valence-corrected chi connectivity index (χ4v) is 14.7. The Kier molecular flexibility index (Phi) is 33.3. The fraction of sp³-hybridized carbons (Fsp3) is 0.296. The number of nitrogens with one attached hydrogen (secondary N) is 5. The van der Waals surface area contributed by atoms with Gasteiger partial charge in [0.1, 0.15) is 6.61 Å². The number of allylic oxidation sites excluding steroid dienone is 4. The number of ether oxygens (including phenoxy) is 3. The van der Waals surface area contributed by atoms with Crippen LogP contribution in [0.25, 0.3) is 22.3 Å². The summed E-state index contributed by atoms with van der Waals surface area (Å²) in [6, 6.07) is 66.1. The van der Waals surface area contributed by atoms with Crippen LogP contribution < -0.4 is 36.4 Å². The lowest BCUT2D eigenvalue weighted by atomic mass is 9.99. The number of likely N-dealkylation sites (N-methyl/N-ethyl adjacent to an activating group) is 1. The van der Waals surface area contributed by atoms with Crippen molar-refractivity contribution in [1.29, 1.82) is 0 Å². The minimum Gasteiger partial charge on any atom is -0.462 e. The molecule has 5 N–H and O–H groups in total. The zero-order valence-corrected chi connectivity index (χ0v) is 70.1. The number of alkyl halides is 9. The van der Waals surface area contributed by atoms with Crippen LogP contribution in [0.2, 0.25) is 0 Å². The maximum atomic E-state index is 13.1. The van der Waals surface area contributed by atoms with Crippen LogP contribution >= 0.6 is 0 Å². The number of ketones is 4. The lowest BCUT2D eigenvalue weighted by molar-refractivity contribution is -0.164. The van der Waals surface area contributed by atoms with Crippen LogP contribution in [0.5, 0.6) is 0 Å². The van der Waals surface area contributed by atoms with Gasteiger partial charge in [-0.25, -0.2) is 14.4 Å². The molecule has 0 bridgehead atoms. The normalized spacial score (nSPS) is 15.3. The van der Waals surface area contributed by atoms with Crippen LogP contribution in [0.3, 0.4) is 0 Å². The summed E-state index contributed by atoms with van der Waals surface area (Å²) >= 11 is 0. The van der Waals surface area contributed by atoms with E-state index in [0.29, 0.717) is 67.4 Å². The molecule has 6 heterocycles. The third-order valence-corrected chi connectivity index (χ3v) is 21.3. The molecule has 9 aromatic carbocycles. The monoisotopic (exact) mass is 1730 g/mol. The van der Waals surface area contributed by atoms with E-state index >= 15 is 0 Å². The van der Waals surface area contributed by atoms with Gasteiger partial charge in [-0.2, -0.15) is 39.5 Å². The van der Waals surface area contributed by atoms with Gasteiger partial charge in [-0.05, 0) is 190 Å². The van der Waals surface area contributed by atoms with Crippen molar-refractivity contribution in [2.75, 3.05) is 123 Å². The molecule has 0 radical (unpaired) electrons. The minimum atomic E-state index is -4.99. The van der Waals surface area contributed by atoms with Gasteiger partial charge >= 0.3 is 36.4 Å². The van der Waals surface area contributed by atoms with Crippen molar-refractivity contribution in [2.24, 2.45) is 0 Å². The molecule has 19 nitrogen and oxygen atoms in total. The number of carbonyl (C=O) groups is 7. The zero-order chi connectivity index (χ0) is 89.8. The molecule has 1 unspecified atom stereocenters. The Hall–Kier alpha value is -13.2. The number of Topliss-reactive ketones (excluding diaryl/α,β-unsaturated/α-hetero) is 4. The molecular weight excluding hydrogens is 1630 g/mol. The molecule has 0 aromatic heterocycles. The number of rotatable bonds is 23. The topological polar surface area (TPSA) is 220 Å². The number of hydrogen-bond acceptors (Lipinski definition) is 19. The first-order chi connectivity index (χ1) is 60.6. The quantitative estimate of drug-likeness (QED) is 0.0132. The van der Waals surface area contributed by atoms with E-state index in [1.54, 1.807) is 103 Å². The first kappa shape index (κ1) is 93.5. The highest BCUT2D eigenvalue weighted by Gasteiger charge is 2.44. The van der Waals surface area contributed by atoms with Crippen molar-refractivity contribution in [2.45, 2.75) is 96.7 Å². The molecule has 28 heteroatoms. The van der Waals surface area contributed by atoms with Crippen LogP contribution in [-0.2, 0) is 59.1 Å². The van der Waals surface area contributed by atoms with E-state index in [1.807, 2.05) is 91.1 Å². The predicted octanol–water partition coefficient (Wildman–Crippen LogP) is 18.7. The minimum absolute atomic E-state index is 0.0000953. The molecular formula is C98H100F9N9O10. The van der Waals surface area contributed by atoms with Gasteiger partial charge in [0.2, 0.25) is 0 Å². The van der Waals surface area contributed by atoms with Crippen molar-refractivity contribution in [1.82, 2.24) is 15.1 Å². The number of fused-ring (bicyclic) bond motifs is 5. The summed E-state index contributed by atoms with van der Waals surface area (Å²) in [7, 11) is 0. The highest BCUT2D eigenvalue weighted by atomic mass is 19.4. The van der Waals surface area contributed by atoms with Crippen LogP contribution in [0.4, 0.5) is 73.6 Å². The molecule has 0 saturated carbocycles. The number of nitrogens with zero attached hydrogens (tertiary/aromatic N) is 4. The van der Waals surface area contributed by atoms with Gasteiger partial charge in [0, 0.05) is 124 Å². The molecule has 0 spiro atoms. The van der Waals surface area contributed by atoms with Gasteiger partial charge in [-0.15, -0.1) is 0 Å². The fourth-order valence-electron chi connectivity index (χ4n) is 14.7. The Labute approximate surface area is 726 Å². The Bertz CT molecular complexity index is 5370. The maximum Gasteiger partial charge on any atom is 0.454 e. The summed E-state index contributed by atoms with van der Waals surface area (Å²) in [6.45, 7) is 12.7. The standard InChI is InChI=1S/C31H30N2O5.C23H23F3N2O3.C19H17F3N2O.C15H17F3N2O.C10H13N/c1-21(34)27(22-6-3-2-4-7-22)20-33-15-13-24-19-26(9-11-29(24)33)31(36)38-17-5-16-37-30(35)25-8-10-28-23(18-25)12-14-32-28;1-2-28(15-19(21(29)23(24,25)26)16-6-4-3-5-7-16)12-13-31-22(30)18-8-9-20-17(14-18)10-11-27-20;20-19(21,22)18(25)15(14-7-2-1-3-8-14)13-24-12-6-11-23-16-9-4-5-10-17(16)24;16-15(17,18)14(21)13(12-5-2-1-3-6-12)11-20-9-4-7-19-8-10-20;1-8-6-7-9-4-2-3-5-10(9)11-8/h2-4,6-11,18-20,32H,5,12-17H2,1H3;3-9,14-15,27H,2,10-13H2,1H3;1-5,7-10,13,23H,6,11-12H2;1-3,5-6,11,19H,4,7-10H2;2-5,8,11H,6-7H2,1H3/b27-20+;19-15-;15-13+;13-11+;. The lowest BCUT2D eigenvalue weighted by Crippen LogP contribution is -2.28. The number of hydrogen-bond donors (Lipinski definition) is 5. The molecule has 1 atom stereocenters. The molecule has 126 heavy (non-hydrogen) atoms. The second-order valence-electron chi connectivity index (χ2n) is 30.3. The summed E-state index contributed by atoms with van der Waals surface area (Å²) in [5.41, 5.74) is 13.2. The number of aryl methyl sites for hydroxylation is 1. The predicted molar refractivity (Wildman–Crippen MR) is 473 cm³/mol. The third kappa shape index (κ3) is 26.7. The summed E-state index contributed by atoms with van der Waals surface area (Å²) in [6.07, 6.45) is -2.07. The van der Waals surface area contributed by atoms with E-state index in [9.17, 15) is 73.1 Å². The molecule has 1 saturated heterocycles. The maximum absolute atomic E-state index is 13.1. The van der Waals surface area contributed by atoms with Crippen LogP contribution in [0.15, 0.2) is 249 Å². The van der Waals surface area contributed by atoms with Crippen LogP contribution in [-0.4, -0.2) is 167 Å². The molecule has 6 aliphatic heterocycles. The van der Waals surface area contributed by atoms with Crippen molar-refractivity contribution in [3.8, 4) is 0 Å². The van der Waals surface area contributed by atoms with Crippen LogP contribution in [0.1, 0.15) is 122 Å². The average molecular weight is 1730 g/mol. The molecule has 6 aliphatic rings. The van der Waals surface area contributed by atoms with Gasteiger partial charge in [0.05, 0.1) is 64.5 Å². The number of halogens is 9. The number of benzene rings is 9. The molecule has 0 aliphatic carbocycles. The first-order valence-electron chi connectivity index (χ1n) is 41.8. The van der Waals surface area contributed by atoms with Gasteiger partial charge in [0.25, 0.3) is 17.3 Å². The highest BCUT2D eigenvalue weighted by molar-refractivity contribution is 6.25. The Morgan fingerprint density at radius 1 is 0.405 bits per heavy atom. The van der Waals surface area contributed by atoms with E-state index < -0.39 is 53.4 Å². The average Bonchev–Trinajstić information content (AvgIpc) is 1.24. The van der Waals surface area contributed by atoms with E-state index in [-0.39, 0.29) is 66.0 Å². The van der Waals surface area contributed by atoms with Gasteiger partial charge < -0.3 is 60.4 Å². The van der Waals surface area contributed by atoms with Crippen molar-refractivity contribution >= 4 is 97.5 Å². The Morgan fingerprint density at radius 3 is 1.39 bits per heavy atom. The Balaban J connectivity index is 0.000000159. The third-order valence-electron chi connectivity index (χ3n) is 21.3. The molecule has 15 rings (SSSR count). The second kappa shape index (κ2) is 44.9. The second-order valence-corrected chi connectivity index (χ2v) is 30.3. The number of carbonyl (C=O) groups excluding carboxylic acids is 7. The molecule has 1 fully saturated rings. The van der Waals surface area contributed by atoms with Crippen molar-refractivity contribution < 1.29 is 87.3 Å². The lowest BCUT2D eigenvalue weighted by Gasteiger charge is -2.23. The number of para-hydroxylation sites is 3. The van der Waals surface area contributed by atoms with Crippen LogP contribution in [0, 0.1) is 0 Å². The zero-order valence-electron chi connectivity index (χ0n) is 70.1. The highest BCUT2D eigenvalue weighted by Crippen LogP contribution is 2.37. The largest absolute Gasteiger partial charge is 0.462 e. The van der Waals surface area contributed by atoms with E-state index in [0.717, 1.165) is 116 Å². The summed E-state index contributed by atoms with van der Waals surface area (Å²) in [4.78, 5) is 92.2. The van der Waals surface area contributed by atoms with E-state index in [1.165, 1.54) is 84.0 Å². The summed E-state index contributed by atoms with van der Waals surface area (Å²) in [5.74, 6) is -6.83. The molecule has 0 amide bonds. The number of esters is 3. The van der Waals surface area contributed by atoms with E-state index in [4.69, 9.17) is 14.2 Å². The summed E-state index contributed by atoms with van der Waals surface area (Å²) < 4.78 is 133. The van der Waals surface area contributed by atoms with Crippen molar-refractivity contribution in [3.63, 3.8) is 0 Å². The number of anilines is 6. The molecule has 660 valence electrons. The van der Waals surface area contributed by atoms with Gasteiger partial charge in [0.15, 0.2) is 5.78 Å². The Morgan fingerprint density at radius 2 is 0.849 bits per heavy atom.